The standard InChI is InChI=1S/2C10H14O.2C4H9.Sn/c2*1-3-8(2)9-6-4-5-7-10(9)11;2*1-3-4-2;/h2*4-8,11H,3H2,1-2H3;2*1,3-4H2,2H3;/q;;;;+2/p-2. The molecule has 0 spiro atoms. The molecule has 0 amide bonds. The Labute approximate surface area is 196 Å². The van der Waals surface area contributed by atoms with Crippen LogP contribution in [-0.2, 0) is 0 Å². The summed E-state index contributed by atoms with van der Waals surface area (Å²) in [5.41, 5.74) is 2.66. The van der Waals surface area contributed by atoms with Crippen LogP contribution in [0.3, 0.4) is 0 Å². The molecule has 31 heavy (non-hydrogen) atoms. The van der Waals surface area contributed by atoms with E-state index in [-0.39, 0.29) is 0 Å². The summed E-state index contributed by atoms with van der Waals surface area (Å²) in [6, 6.07) is 17.4. The fourth-order valence-electron chi connectivity index (χ4n) is 4.04. The van der Waals surface area contributed by atoms with E-state index in [1.807, 2.05) is 0 Å². The summed E-state index contributed by atoms with van der Waals surface area (Å²) < 4.78 is 16.5. The molecule has 2 rings (SSSR count). The molecule has 0 fully saturated rings. The first kappa shape index (κ1) is 26.1. The molecular formula is C28H44O2Sn. The average molecular weight is 531 g/mol. The van der Waals surface area contributed by atoms with Crippen molar-refractivity contribution < 1.29 is 6.15 Å². The number of unbranched alkanes of at least 4 members (excludes halogenated alkanes) is 2. The van der Waals surface area contributed by atoms with Crippen LogP contribution in [0.1, 0.15) is 103 Å². The molecule has 0 N–H and O–H groups in total. The van der Waals surface area contributed by atoms with Gasteiger partial charge in [-0.1, -0.05) is 0 Å². The SMILES string of the molecule is CCC[CH2][Sn]([CH2]CCC)([O]c1ccccc1C(C)CC)[O]c1ccccc1C(C)CC. The number of para-hydroxylation sites is 2. The normalized spacial score (nSPS) is 13.6. The van der Waals surface area contributed by atoms with Crippen molar-refractivity contribution in [3.05, 3.63) is 59.7 Å². The van der Waals surface area contributed by atoms with Crippen LogP contribution in [0.4, 0.5) is 0 Å². The fraction of sp³-hybridized carbons (Fsp3) is 0.571. The molecule has 2 unspecified atom stereocenters. The maximum atomic E-state index is 7.12. The summed E-state index contributed by atoms with van der Waals surface area (Å²) in [7, 11) is 0. The van der Waals surface area contributed by atoms with Gasteiger partial charge in [0.25, 0.3) is 0 Å². The Bertz CT molecular complexity index is 708. The van der Waals surface area contributed by atoms with E-state index in [0.29, 0.717) is 11.8 Å². The summed E-state index contributed by atoms with van der Waals surface area (Å²) in [5.74, 6) is 3.12. The van der Waals surface area contributed by atoms with Gasteiger partial charge in [-0.2, -0.15) is 0 Å². The second-order valence-electron chi connectivity index (χ2n) is 9.02. The van der Waals surface area contributed by atoms with Gasteiger partial charge in [-0.15, -0.1) is 0 Å². The minimum atomic E-state index is -3.45. The molecule has 2 aromatic rings. The minimum absolute atomic E-state index is 0.491. The van der Waals surface area contributed by atoms with Crippen LogP contribution in [0.15, 0.2) is 48.5 Å². The molecule has 2 nitrogen and oxygen atoms in total. The van der Waals surface area contributed by atoms with Crippen molar-refractivity contribution in [1.82, 2.24) is 0 Å². The van der Waals surface area contributed by atoms with Crippen molar-refractivity contribution in [2.24, 2.45) is 0 Å². The first-order valence-corrected chi connectivity index (χ1v) is 18.9. The Balaban J connectivity index is 2.49. The molecule has 0 bridgehead atoms. The summed E-state index contributed by atoms with van der Waals surface area (Å²) in [6.07, 6.45) is 6.94. The zero-order chi connectivity index (χ0) is 22.7. The summed E-state index contributed by atoms with van der Waals surface area (Å²) in [4.78, 5) is 0. The van der Waals surface area contributed by atoms with Crippen LogP contribution >= 0.6 is 0 Å². The van der Waals surface area contributed by atoms with Crippen molar-refractivity contribution in [3.63, 3.8) is 0 Å². The van der Waals surface area contributed by atoms with E-state index >= 15 is 0 Å². The van der Waals surface area contributed by atoms with E-state index in [9.17, 15) is 0 Å². The van der Waals surface area contributed by atoms with Crippen molar-refractivity contribution in [3.8, 4) is 11.5 Å². The molecule has 172 valence electrons. The molecule has 0 saturated heterocycles. The maximum absolute atomic E-state index is 7.12. The summed E-state index contributed by atoms with van der Waals surface area (Å²) >= 11 is -3.45. The molecule has 0 radical (unpaired) electrons. The van der Waals surface area contributed by atoms with Crippen molar-refractivity contribution in [2.75, 3.05) is 0 Å². The third-order valence-corrected chi connectivity index (χ3v) is 16.3. The molecule has 0 saturated carbocycles. The third kappa shape index (κ3) is 7.44. The van der Waals surface area contributed by atoms with E-state index in [1.54, 1.807) is 0 Å². The monoisotopic (exact) mass is 532 g/mol. The molecule has 0 aliphatic heterocycles. The predicted molar refractivity (Wildman–Crippen MR) is 137 cm³/mol. The zero-order valence-electron chi connectivity index (χ0n) is 20.7. The van der Waals surface area contributed by atoms with Gasteiger partial charge >= 0.3 is 197 Å². The summed E-state index contributed by atoms with van der Waals surface area (Å²) in [6.45, 7) is 13.7. The topological polar surface area (TPSA) is 18.5 Å². The van der Waals surface area contributed by atoms with Crippen molar-refractivity contribution >= 4 is 19.2 Å². The molecule has 0 heterocycles. The quantitative estimate of drug-likeness (QED) is 0.226. The first-order chi connectivity index (χ1) is 15.0. The Kier molecular flexibility index (Phi) is 11.3. The molecule has 3 heteroatoms. The molecule has 2 aromatic carbocycles. The second kappa shape index (κ2) is 13.4. The van der Waals surface area contributed by atoms with E-state index in [4.69, 9.17) is 6.15 Å². The first-order valence-electron chi connectivity index (χ1n) is 12.6. The van der Waals surface area contributed by atoms with Crippen LogP contribution in [0.5, 0.6) is 11.5 Å². The van der Waals surface area contributed by atoms with E-state index in [1.165, 1.54) is 36.8 Å². The molecule has 0 aliphatic carbocycles. The van der Waals surface area contributed by atoms with Crippen LogP contribution in [0.25, 0.3) is 0 Å². The van der Waals surface area contributed by atoms with E-state index in [2.05, 4.69) is 90.1 Å². The van der Waals surface area contributed by atoms with Crippen molar-refractivity contribution in [2.45, 2.75) is 101 Å². The van der Waals surface area contributed by atoms with E-state index in [0.717, 1.165) is 33.2 Å². The average Bonchev–Trinajstić information content (AvgIpc) is 2.81. The molecule has 0 aliphatic rings. The van der Waals surface area contributed by atoms with Gasteiger partial charge in [-0.25, -0.2) is 0 Å². The Morgan fingerprint density at radius 1 is 0.645 bits per heavy atom. The van der Waals surface area contributed by atoms with Crippen LogP contribution in [0.2, 0.25) is 8.87 Å². The van der Waals surface area contributed by atoms with Gasteiger partial charge in [-0.05, 0) is 0 Å². The van der Waals surface area contributed by atoms with Gasteiger partial charge in [0, 0.05) is 0 Å². The van der Waals surface area contributed by atoms with Gasteiger partial charge in [0.2, 0.25) is 0 Å². The molecule has 0 aromatic heterocycles. The van der Waals surface area contributed by atoms with Crippen molar-refractivity contribution in [1.29, 1.82) is 0 Å². The van der Waals surface area contributed by atoms with Gasteiger partial charge < -0.3 is 0 Å². The number of hydrogen-bond acceptors (Lipinski definition) is 2. The van der Waals surface area contributed by atoms with Crippen LogP contribution in [0, 0.1) is 0 Å². The second-order valence-corrected chi connectivity index (χ2v) is 18.2. The van der Waals surface area contributed by atoms with Gasteiger partial charge in [-0.3, -0.25) is 0 Å². The number of hydrogen-bond donors (Lipinski definition) is 0. The molecule has 2 atom stereocenters. The Morgan fingerprint density at radius 3 is 1.39 bits per heavy atom. The zero-order valence-corrected chi connectivity index (χ0v) is 23.6. The van der Waals surface area contributed by atoms with E-state index < -0.39 is 19.2 Å². The Hall–Kier alpha value is -1.16. The summed E-state index contributed by atoms with van der Waals surface area (Å²) in [5, 5.41) is 0. The number of rotatable bonds is 14. The predicted octanol–water partition coefficient (Wildman–Crippen LogP) is 9.21. The van der Waals surface area contributed by atoms with Crippen LogP contribution < -0.4 is 6.15 Å². The number of benzene rings is 2. The Morgan fingerprint density at radius 2 is 1.03 bits per heavy atom. The van der Waals surface area contributed by atoms with Gasteiger partial charge in [0.1, 0.15) is 0 Å². The third-order valence-electron chi connectivity index (χ3n) is 6.54. The fourth-order valence-corrected chi connectivity index (χ4v) is 14.5. The van der Waals surface area contributed by atoms with Gasteiger partial charge in [0.05, 0.1) is 0 Å². The molecular weight excluding hydrogens is 487 g/mol. The van der Waals surface area contributed by atoms with Crippen LogP contribution in [-0.4, -0.2) is 19.2 Å². The van der Waals surface area contributed by atoms with Gasteiger partial charge in [0.15, 0.2) is 0 Å².